The molecule has 0 radical (unpaired) electrons. The van der Waals surface area contributed by atoms with Crippen molar-refractivity contribution in [1.29, 1.82) is 0 Å². The molecule has 27 heavy (non-hydrogen) atoms. The number of carbonyl (C=O) groups excluding carboxylic acids is 1. The van der Waals surface area contributed by atoms with Crippen molar-refractivity contribution in [2.45, 2.75) is 19.8 Å². The molecule has 4 nitrogen and oxygen atoms in total. The Balaban J connectivity index is 2.12. The van der Waals surface area contributed by atoms with Gasteiger partial charge in [0.2, 0.25) is 0 Å². The van der Waals surface area contributed by atoms with Crippen LogP contribution in [0.1, 0.15) is 24.0 Å². The van der Waals surface area contributed by atoms with Crippen LogP contribution >= 0.6 is 34.8 Å². The van der Waals surface area contributed by atoms with Crippen LogP contribution < -0.4 is 10.6 Å². The van der Waals surface area contributed by atoms with E-state index in [9.17, 15) is 10.2 Å². The zero-order valence-electron chi connectivity index (χ0n) is 14.8. The van der Waals surface area contributed by atoms with Crippen LogP contribution in [0.5, 0.6) is 0 Å². The van der Waals surface area contributed by atoms with Gasteiger partial charge in [-0.2, -0.15) is 0 Å². The zero-order chi connectivity index (χ0) is 19.6. The molecule has 0 saturated carbocycles. The lowest BCUT2D eigenvalue weighted by molar-refractivity contribution is -0.113. The number of thiocarbonyl (C=S) groups is 1. The van der Waals surface area contributed by atoms with E-state index in [2.05, 4.69) is 39.1 Å². The van der Waals surface area contributed by atoms with Crippen molar-refractivity contribution in [2.24, 2.45) is 0 Å². The lowest BCUT2D eigenvalue weighted by Crippen LogP contribution is -2.37. The van der Waals surface area contributed by atoms with Gasteiger partial charge in [0.25, 0.3) is 5.91 Å². The van der Waals surface area contributed by atoms with Crippen molar-refractivity contribution in [1.82, 2.24) is 5.32 Å². The normalized spacial score (nSPS) is 16.6. The van der Waals surface area contributed by atoms with Gasteiger partial charge in [0.15, 0.2) is 0 Å². The maximum Gasteiger partial charge on any atom is 0.254 e. The molecule has 0 spiro atoms. The Morgan fingerprint density at radius 1 is 1.19 bits per heavy atom. The van der Waals surface area contributed by atoms with E-state index >= 15 is 0 Å². The smallest absolute Gasteiger partial charge is 0.254 e. The largest absolute Gasteiger partial charge is 0.763 e. The Hall–Kier alpha value is -2.28. The number of amides is 1. The van der Waals surface area contributed by atoms with E-state index in [0.717, 1.165) is 20.4 Å². The molecular formula is C21H17IN3OS-. The van der Waals surface area contributed by atoms with Gasteiger partial charge in [0, 0.05) is 26.1 Å². The van der Waals surface area contributed by atoms with Crippen LogP contribution in [0, 0.1) is 10.5 Å². The predicted octanol–water partition coefficient (Wildman–Crippen LogP) is 4.69. The molecule has 0 bridgehead atoms. The van der Waals surface area contributed by atoms with Gasteiger partial charge < -0.3 is 16.0 Å². The van der Waals surface area contributed by atoms with Crippen molar-refractivity contribution in [2.75, 3.05) is 5.32 Å². The molecule has 1 unspecified atom stereocenters. The highest BCUT2D eigenvalue weighted by molar-refractivity contribution is 14.1. The topological polar surface area (TPSA) is 63.4 Å². The second-order valence-corrected chi connectivity index (χ2v) is 7.81. The molecule has 1 amide bonds. The van der Waals surface area contributed by atoms with Crippen molar-refractivity contribution in [3.05, 3.63) is 85.5 Å². The fraction of sp³-hybridized carbons (Fsp3) is 0.143. The van der Waals surface area contributed by atoms with Crippen LogP contribution in [0.4, 0.5) is 5.69 Å². The van der Waals surface area contributed by atoms with Crippen molar-refractivity contribution in [3.8, 4) is 0 Å². The highest BCUT2D eigenvalue weighted by atomic mass is 127. The quantitative estimate of drug-likeness (QED) is 0.287. The number of rotatable bonds is 3. The van der Waals surface area contributed by atoms with Crippen LogP contribution in [0.15, 0.2) is 65.4 Å². The molecule has 0 aromatic heterocycles. The van der Waals surface area contributed by atoms with Crippen LogP contribution in [-0.4, -0.2) is 16.8 Å². The van der Waals surface area contributed by atoms with E-state index < -0.39 is 5.92 Å². The Morgan fingerprint density at radius 3 is 2.52 bits per heavy atom. The standard InChI is InChI=1S/C21H17IN3OS/c1-12-7-3-6-10-17(12)25-20(26)18-13(2)24-21(27)15(11-23)19(18)14-8-4-5-9-16(14)22/h3-10,19H,1-2H3,(H,24,27)(H,25,26)/q-1. The molecule has 2 aromatic rings. The van der Waals surface area contributed by atoms with E-state index in [4.69, 9.17) is 12.2 Å². The number of benzene rings is 2. The summed E-state index contributed by atoms with van der Waals surface area (Å²) in [4.78, 5) is 13.6. The van der Waals surface area contributed by atoms with Gasteiger partial charge in [-0.1, -0.05) is 48.6 Å². The summed E-state index contributed by atoms with van der Waals surface area (Å²) in [5.74, 6) is 1.46. The van der Waals surface area contributed by atoms with Gasteiger partial charge in [0.1, 0.15) is 4.99 Å². The van der Waals surface area contributed by atoms with E-state index in [1.165, 1.54) is 0 Å². The van der Waals surface area contributed by atoms with Gasteiger partial charge in [-0.15, -0.1) is 0 Å². The molecule has 1 aliphatic heterocycles. The number of carbonyl (C=O) groups is 1. The first kappa shape index (κ1) is 19.5. The number of hydrogen-bond donors (Lipinski definition) is 2. The van der Waals surface area contributed by atoms with Gasteiger partial charge in [0.05, 0.1) is 5.92 Å². The summed E-state index contributed by atoms with van der Waals surface area (Å²) < 4.78 is 0.978. The molecule has 1 heterocycles. The Bertz CT molecular complexity index is 1020. The van der Waals surface area contributed by atoms with E-state index in [1.807, 2.05) is 62.4 Å². The lowest BCUT2D eigenvalue weighted by atomic mass is 9.81. The third-order valence-electron chi connectivity index (χ3n) is 4.50. The summed E-state index contributed by atoms with van der Waals surface area (Å²) in [6.45, 7) is 3.76. The lowest BCUT2D eigenvalue weighted by Gasteiger charge is -2.31. The zero-order valence-corrected chi connectivity index (χ0v) is 17.8. The molecule has 6 heteroatoms. The van der Waals surface area contributed by atoms with E-state index in [0.29, 0.717) is 21.8 Å². The first-order valence-corrected chi connectivity index (χ1v) is 9.83. The molecule has 136 valence electrons. The van der Waals surface area contributed by atoms with Gasteiger partial charge >= 0.3 is 0 Å². The molecule has 2 N–H and O–H groups in total. The summed E-state index contributed by atoms with van der Waals surface area (Å²) >= 11 is 7.60. The summed E-state index contributed by atoms with van der Waals surface area (Å²) in [6, 6.07) is 15.3. The van der Waals surface area contributed by atoms with Gasteiger partial charge in [-0.05, 0) is 59.7 Å². The number of allylic oxidation sites excluding steroid dienone is 1. The number of hydrogen-bond acceptors (Lipinski definition) is 2. The highest BCUT2D eigenvalue weighted by Gasteiger charge is 2.34. The molecule has 0 fully saturated rings. The molecular weight excluding hydrogens is 469 g/mol. The average molecular weight is 486 g/mol. The number of para-hydroxylation sites is 1. The maximum absolute atomic E-state index is 13.2. The maximum atomic E-state index is 13.2. The van der Waals surface area contributed by atoms with Crippen molar-refractivity contribution in [3.63, 3.8) is 0 Å². The number of halogens is 1. The summed E-state index contributed by atoms with van der Waals surface area (Å²) in [5, 5.41) is 15.7. The second-order valence-electron chi connectivity index (χ2n) is 6.24. The molecule has 1 aliphatic rings. The first-order valence-electron chi connectivity index (χ1n) is 8.34. The fourth-order valence-corrected chi connectivity index (χ4v) is 4.15. The molecule has 2 aromatic carbocycles. The van der Waals surface area contributed by atoms with E-state index in [1.54, 1.807) is 0 Å². The Labute approximate surface area is 177 Å². The summed E-state index contributed by atoms with van der Waals surface area (Å²) in [5.41, 5.74) is 4.17. The number of nitrogens with zero attached hydrogens (tertiary/aromatic N) is 1. The van der Waals surface area contributed by atoms with Crippen molar-refractivity contribution >= 4 is 57.3 Å². The molecule has 3 rings (SSSR count). The Kier molecular flexibility index (Phi) is 5.89. The second kappa shape index (κ2) is 8.17. The van der Waals surface area contributed by atoms with Crippen LogP contribution in [0.2, 0.25) is 0 Å². The summed E-state index contributed by atoms with van der Waals surface area (Å²) in [7, 11) is 0. The number of nitrogens with one attached hydrogen (secondary N) is 2. The fourth-order valence-electron chi connectivity index (χ4n) is 3.14. The van der Waals surface area contributed by atoms with Gasteiger partial charge in [-0.3, -0.25) is 10.7 Å². The van der Waals surface area contributed by atoms with Crippen LogP contribution in [0.3, 0.4) is 0 Å². The minimum Gasteiger partial charge on any atom is -0.763 e. The third kappa shape index (κ3) is 3.88. The third-order valence-corrected chi connectivity index (χ3v) is 5.81. The van der Waals surface area contributed by atoms with Crippen LogP contribution in [0.25, 0.3) is 5.41 Å². The van der Waals surface area contributed by atoms with Crippen molar-refractivity contribution < 1.29 is 4.79 Å². The molecule has 0 aliphatic carbocycles. The first-order chi connectivity index (χ1) is 12.9. The minimum atomic E-state index is -0.499. The van der Waals surface area contributed by atoms with E-state index in [-0.39, 0.29) is 5.91 Å². The molecule has 1 atom stereocenters. The number of aryl methyl sites for hydroxylation is 1. The number of anilines is 1. The van der Waals surface area contributed by atoms with Gasteiger partial charge in [-0.25, -0.2) is 0 Å². The summed E-state index contributed by atoms with van der Waals surface area (Å²) in [6.07, 6.45) is 0. The predicted molar refractivity (Wildman–Crippen MR) is 122 cm³/mol. The Morgan fingerprint density at radius 2 is 1.85 bits per heavy atom. The highest BCUT2D eigenvalue weighted by Crippen LogP contribution is 2.38. The minimum absolute atomic E-state index is 0.241. The molecule has 0 saturated heterocycles. The SMILES string of the molecule is CC1=C(C(=O)Nc2ccccc2C)C(c2ccccc2I)C(=C=[N-])C(=S)N1. The monoisotopic (exact) mass is 486 g/mol. The average Bonchev–Trinajstić information content (AvgIpc) is 2.63. The van der Waals surface area contributed by atoms with Crippen LogP contribution in [-0.2, 0) is 4.79 Å².